The number of likely N-dealkylation sites (tertiary alicyclic amines) is 1. The first-order valence-corrected chi connectivity index (χ1v) is 7.88. The molecule has 0 saturated carbocycles. The summed E-state index contributed by atoms with van der Waals surface area (Å²) in [6, 6.07) is 7.94. The third-order valence-corrected chi connectivity index (χ3v) is 4.55. The molecule has 1 unspecified atom stereocenters. The minimum atomic E-state index is 0.257. The van der Waals surface area contributed by atoms with Crippen molar-refractivity contribution in [3.05, 3.63) is 35.4 Å². The third kappa shape index (κ3) is 4.17. The van der Waals surface area contributed by atoms with Crippen molar-refractivity contribution in [1.82, 2.24) is 4.90 Å². The van der Waals surface area contributed by atoms with E-state index in [-0.39, 0.29) is 5.78 Å². The zero-order chi connectivity index (χ0) is 14.5. The summed E-state index contributed by atoms with van der Waals surface area (Å²) < 4.78 is 0. The number of rotatable bonds is 4. The van der Waals surface area contributed by atoms with Gasteiger partial charge in [0, 0.05) is 5.56 Å². The summed E-state index contributed by atoms with van der Waals surface area (Å²) in [4.78, 5) is 14.6. The van der Waals surface area contributed by atoms with Gasteiger partial charge in [-0.05, 0) is 51.1 Å². The number of aryl methyl sites for hydroxylation is 1. The lowest BCUT2D eigenvalue weighted by molar-refractivity contribution is 0.0932. The van der Waals surface area contributed by atoms with Gasteiger partial charge < -0.3 is 0 Å². The summed E-state index contributed by atoms with van der Waals surface area (Å²) in [5.41, 5.74) is 2.05. The van der Waals surface area contributed by atoms with E-state index >= 15 is 0 Å². The molecule has 20 heavy (non-hydrogen) atoms. The van der Waals surface area contributed by atoms with E-state index in [2.05, 4.69) is 25.7 Å². The number of carbonyl (C=O) groups excluding carboxylic acids is 1. The Morgan fingerprint density at radius 1 is 1.20 bits per heavy atom. The molecule has 0 aromatic heterocycles. The van der Waals surface area contributed by atoms with E-state index in [0.717, 1.165) is 30.5 Å². The maximum Gasteiger partial charge on any atom is 0.176 e. The quantitative estimate of drug-likeness (QED) is 0.775. The summed E-state index contributed by atoms with van der Waals surface area (Å²) in [5.74, 6) is 1.85. The van der Waals surface area contributed by atoms with Crippen molar-refractivity contribution in [3.8, 4) is 0 Å². The van der Waals surface area contributed by atoms with Crippen molar-refractivity contribution in [1.29, 1.82) is 0 Å². The summed E-state index contributed by atoms with van der Waals surface area (Å²) >= 11 is 0. The number of ketones is 1. The van der Waals surface area contributed by atoms with E-state index in [4.69, 9.17) is 0 Å². The van der Waals surface area contributed by atoms with Gasteiger partial charge in [0.2, 0.25) is 0 Å². The molecule has 110 valence electrons. The molecule has 1 saturated heterocycles. The van der Waals surface area contributed by atoms with Crippen LogP contribution in [0.4, 0.5) is 0 Å². The van der Waals surface area contributed by atoms with Gasteiger partial charge in [-0.15, -0.1) is 0 Å². The molecule has 0 N–H and O–H groups in total. The van der Waals surface area contributed by atoms with E-state index in [0.29, 0.717) is 6.54 Å². The number of hydrogen-bond acceptors (Lipinski definition) is 2. The van der Waals surface area contributed by atoms with E-state index in [1.165, 1.54) is 24.8 Å². The van der Waals surface area contributed by atoms with Crippen LogP contribution in [0.25, 0.3) is 0 Å². The molecule has 1 aliphatic heterocycles. The highest BCUT2D eigenvalue weighted by Crippen LogP contribution is 2.24. The summed E-state index contributed by atoms with van der Waals surface area (Å²) in [7, 11) is 0. The molecule has 0 aliphatic carbocycles. The minimum Gasteiger partial charge on any atom is -0.296 e. The first kappa shape index (κ1) is 15.2. The minimum absolute atomic E-state index is 0.257. The van der Waals surface area contributed by atoms with Gasteiger partial charge in [-0.2, -0.15) is 0 Å². The zero-order valence-electron chi connectivity index (χ0n) is 13.1. The number of carbonyl (C=O) groups is 1. The molecule has 2 heteroatoms. The molecule has 1 atom stereocenters. The Bertz CT molecular complexity index is 435. The second kappa shape index (κ2) is 7.03. The molecule has 1 aromatic carbocycles. The highest BCUT2D eigenvalue weighted by Gasteiger charge is 2.21. The van der Waals surface area contributed by atoms with Crippen LogP contribution in [0, 0.1) is 18.8 Å². The second-order valence-corrected chi connectivity index (χ2v) is 6.50. The van der Waals surface area contributed by atoms with E-state index in [1.54, 1.807) is 0 Å². The van der Waals surface area contributed by atoms with Crippen molar-refractivity contribution in [3.63, 3.8) is 0 Å². The van der Waals surface area contributed by atoms with Crippen molar-refractivity contribution in [2.75, 3.05) is 19.6 Å². The van der Waals surface area contributed by atoms with Crippen LogP contribution in [0.2, 0.25) is 0 Å². The topological polar surface area (TPSA) is 20.3 Å². The van der Waals surface area contributed by atoms with Gasteiger partial charge in [0.15, 0.2) is 5.78 Å². The predicted octanol–water partition coefficient (Wildman–Crippen LogP) is 3.94. The fourth-order valence-electron chi connectivity index (χ4n) is 3.04. The maximum atomic E-state index is 12.3. The van der Waals surface area contributed by atoms with Crippen LogP contribution in [0.1, 0.15) is 49.0 Å². The van der Waals surface area contributed by atoms with Gasteiger partial charge in [0.25, 0.3) is 0 Å². The Morgan fingerprint density at radius 3 is 2.55 bits per heavy atom. The normalized spacial score (nSPS) is 20.9. The number of Topliss-reactive ketones (excluding diaryl/α,β-unsaturated/α-hetero) is 1. The highest BCUT2D eigenvalue weighted by molar-refractivity contribution is 5.97. The van der Waals surface area contributed by atoms with Crippen LogP contribution in [-0.4, -0.2) is 30.3 Å². The van der Waals surface area contributed by atoms with Gasteiger partial charge >= 0.3 is 0 Å². The second-order valence-electron chi connectivity index (χ2n) is 6.50. The molecule has 0 bridgehead atoms. The molecule has 0 spiro atoms. The van der Waals surface area contributed by atoms with Crippen molar-refractivity contribution < 1.29 is 4.79 Å². The molecular weight excluding hydrogens is 246 g/mol. The zero-order valence-corrected chi connectivity index (χ0v) is 13.1. The average Bonchev–Trinajstić information content (AvgIpc) is 2.65. The molecule has 2 nitrogen and oxygen atoms in total. The van der Waals surface area contributed by atoms with E-state index < -0.39 is 0 Å². The summed E-state index contributed by atoms with van der Waals surface area (Å²) in [6.07, 6.45) is 3.77. The standard InChI is InChI=1S/C18H27NO/c1-14(2)16-5-4-11-19(12-10-16)13-18(20)17-8-6-15(3)7-9-17/h6-9,14,16H,4-5,10-13H2,1-3H3. The average molecular weight is 273 g/mol. The Kier molecular flexibility index (Phi) is 5.36. The van der Waals surface area contributed by atoms with Crippen molar-refractivity contribution in [2.45, 2.75) is 40.0 Å². The lowest BCUT2D eigenvalue weighted by Gasteiger charge is -2.20. The summed E-state index contributed by atoms with van der Waals surface area (Å²) in [6.45, 7) is 9.40. The van der Waals surface area contributed by atoms with Crippen molar-refractivity contribution in [2.24, 2.45) is 11.8 Å². The van der Waals surface area contributed by atoms with E-state index in [9.17, 15) is 4.79 Å². The monoisotopic (exact) mass is 273 g/mol. The van der Waals surface area contributed by atoms with Crippen LogP contribution in [0.15, 0.2) is 24.3 Å². The van der Waals surface area contributed by atoms with Gasteiger partial charge in [0.1, 0.15) is 0 Å². The van der Waals surface area contributed by atoms with Crippen LogP contribution in [0.3, 0.4) is 0 Å². The van der Waals surface area contributed by atoms with Gasteiger partial charge in [-0.1, -0.05) is 43.7 Å². The Balaban J connectivity index is 1.90. The third-order valence-electron chi connectivity index (χ3n) is 4.55. The number of benzene rings is 1. The fourth-order valence-corrected chi connectivity index (χ4v) is 3.04. The fraction of sp³-hybridized carbons (Fsp3) is 0.611. The maximum absolute atomic E-state index is 12.3. The Morgan fingerprint density at radius 2 is 1.90 bits per heavy atom. The molecule has 0 amide bonds. The lowest BCUT2D eigenvalue weighted by Crippen LogP contribution is -2.31. The van der Waals surface area contributed by atoms with Crippen LogP contribution in [-0.2, 0) is 0 Å². The van der Waals surface area contributed by atoms with Gasteiger partial charge in [0.05, 0.1) is 6.54 Å². The Hall–Kier alpha value is -1.15. The smallest absolute Gasteiger partial charge is 0.176 e. The summed E-state index contributed by atoms with van der Waals surface area (Å²) in [5, 5.41) is 0. The molecule has 2 rings (SSSR count). The number of hydrogen-bond donors (Lipinski definition) is 0. The molecule has 0 radical (unpaired) electrons. The molecule has 1 fully saturated rings. The molecule has 1 heterocycles. The van der Waals surface area contributed by atoms with Crippen LogP contribution in [0.5, 0.6) is 0 Å². The Labute approximate surface area is 123 Å². The SMILES string of the molecule is Cc1ccc(C(=O)CN2CCCC(C(C)C)CC2)cc1. The molecule has 1 aliphatic rings. The van der Waals surface area contributed by atoms with Gasteiger partial charge in [-0.25, -0.2) is 0 Å². The first-order valence-electron chi connectivity index (χ1n) is 7.88. The van der Waals surface area contributed by atoms with Crippen molar-refractivity contribution >= 4 is 5.78 Å². The molecular formula is C18H27NO. The number of nitrogens with zero attached hydrogens (tertiary/aromatic N) is 1. The lowest BCUT2D eigenvalue weighted by atomic mass is 9.89. The largest absolute Gasteiger partial charge is 0.296 e. The van der Waals surface area contributed by atoms with E-state index in [1.807, 2.05) is 24.3 Å². The van der Waals surface area contributed by atoms with Crippen LogP contribution < -0.4 is 0 Å². The first-order chi connectivity index (χ1) is 9.56. The van der Waals surface area contributed by atoms with Gasteiger partial charge in [-0.3, -0.25) is 9.69 Å². The van der Waals surface area contributed by atoms with Crippen LogP contribution >= 0.6 is 0 Å². The predicted molar refractivity (Wildman–Crippen MR) is 84.1 cm³/mol. The highest BCUT2D eigenvalue weighted by atomic mass is 16.1. The molecule has 1 aromatic rings.